The molecule has 0 bridgehead atoms. The number of benzene rings is 1. The van der Waals surface area contributed by atoms with Crippen LogP contribution in [0.4, 0.5) is 9.52 Å². The Morgan fingerprint density at radius 3 is 2.85 bits per heavy atom. The molecule has 1 aromatic carbocycles. The highest BCUT2D eigenvalue weighted by molar-refractivity contribution is 7.15. The molecule has 0 amide bonds. The first kappa shape index (κ1) is 15.2. The quantitative estimate of drug-likeness (QED) is 0.860. The summed E-state index contributed by atoms with van der Waals surface area (Å²) in [6, 6.07) is 4.59. The first-order valence-corrected chi connectivity index (χ1v) is 7.37. The van der Waals surface area contributed by atoms with E-state index in [0.29, 0.717) is 28.7 Å². The molecular formula is C13H15ClFN3OS. The second kappa shape index (κ2) is 6.97. The molecule has 1 atom stereocenters. The van der Waals surface area contributed by atoms with Crippen molar-refractivity contribution in [3.8, 4) is 0 Å². The lowest BCUT2D eigenvalue weighted by Gasteiger charge is -2.15. The van der Waals surface area contributed by atoms with Gasteiger partial charge in [-0.1, -0.05) is 29.0 Å². The van der Waals surface area contributed by atoms with Crippen LogP contribution in [0.3, 0.4) is 0 Å². The lowest BCUT2D eigenvalue weighted by atomic mass is 9.99. The lowest BCUT2D eigenvalue weighted by Crippen LogP contribution is -2.21. The van der Waals surface area contributed by atoms with Crippen LogP contribution in [0, 0.1) is 18.7 Å². The molecule has 7 heteroatoms. The first-order valence-electron chi connectivity index (χ1n) is 6.18. The van der Waals surface area contributed by atoms with Gasteiger partial charge < -0.3 is 10.4 Å². The van der Waals surface area contributed by atoms with Gasteiger partial charge in [0.05, 0.1) is 0 Å². The van der Waals surface area contributed by atoms with Crippen LogP contribution in [0.5, 0.6) is 0 Å². The summed E-state index contributed by atoms with van der Waals surface area (Å²) in [5, 5.41) is 22.3. The van der Waals surface area contributed by atoms with E-state index in [1.54, 1.807) is 12.1 Å². The Balaban J connectivity index is 1.98. The Hall–Kier alpha value is -1.24. The molecule has 0 radical (unpaired) electrons. The summed E-state index contributed by atoms with van der Waals surface area (Å²) in [5.41, 5.74) is 0.434. The molecular weight excluding hydrogens is 301 g/mol. The number of halogens is 2. The lowest BCUT2D eigenvalue weighted by molar-refractivity contribution is 0.232. The molecule has 1 aromatic heterocycles. The number of hydrogen-bond donors (Lipinski definition) is 2. The second-order valence-electron chi connectivity index (χ2n) is 4.46. The van der Waals surface area contributed by atoms with E-state index in [9.17, 15) is 9.50 Å². The number of nitrogens with zero attached hydrogens (tertiary/aromatic N) is 2. The number of rotatable bonds is 6. The van der Waals surface area contributed by atoms with Gasteiger partial charge in [0.25, 0.3) is 0 Å². The topological polar surface area (TPSA) is 58.0 Å². The van der Waals surface area contributed by atoms with Crippen molar-refractivity contribution in [2.75, 3.05) is 18.5 Å². The summed E-state index contributed by atoms with van der Waals surface area (Å²) >= 11 is 7.43. The third-order valence-corrected chi connectivity index (χ3v) is 4.03. The van der Waals surface area contributed by atoms with Gasteiger partial charge in [0.15, 0.2) is 0 Å². The minimum atomic E-state index is -0.345. The highest BCUT2D eigenvalue weighted by atomic mass is 35.5. The number of aryl methyl sites for hydroxylation is 1. The smallest absolute Gasteiger partial charge is 0.205 e. The van der Waals surface area contributed by atoms with Crippen LogP contribution in [0.1, 0.15) is 10.6 Å². The van der Waals surface area contributed by atoms with Crippen molar-refractivity contribution in [3.05, 3.63) is 39.6 Å². The standard InChI is InChI=1S/C13H15ClFN3OS/c1-8-17-18-13(20-8)16-6-9(7-19)5-10-11(14)3-2-4-12(10)15/h2-4,9,19H,5-7H2,1H3,(H,16,18). The van der Waals surface area contributed by atoms with Crippen LogP contribution < -0.4 is 5.32 Å². The molecule has 0 aliphatic carbocycles. The summed E-state index contributed by atoms with van der Waals surface area (Å²) in [6.45, 7) is 2.29. The normalized spacial score (nSPS) is 12.4. The molecule has 0 aliphatic heterocycles. The third kappa shape index (κ3) is 3.88. The van der Waals surface area contributed by atoms with Gasteiger partial charge in [0, 0.05) is 29.7 Å². The van der Waals surface area contributed by atoms with Gasteiger partial charge in [-0.25, -0.2) is 4.39 Å². The predicted molar refractivity (Wildman–Crippen MR) is 78.8 cm³/mol. The van der Waals surface area contributed by atoms with Gasteiger partial charge >= 0.3 is 0 Å². The number of aromatic nitrogens is 2. The summed E-state index contributed by atoms with van der Waals surface area (Å²) in [7, 11) is 0. The van der Waals surface area contributed by atoms with Gasteiger partial charge in [-0.15, -0.1) is 10.2 Å². The molecule has 20 heavy (non-hydrogen) atoms. The maximum Gasteiger partial charge on any atom is 0.205 e. The Labute approximate surface area is 125 Å². The van der Waals surface area contributed by atoms with Gasteiger partial charge in [-0.05, 0) is 25.5 Å². The van der Waals surface area contributed by atoms with Crippen LogP contribution in [0.2, 0.25) is 5.02 Å². The maximum atomic E-state index is 13.7. The molecule has 0 saturated heterocycles. The molecule has 0 fully saturated rings. The zero-order chi connectivity index (χ0) is 14.5. The van der Waals surface area contributed by atoms with E-state index >= 15 is 0 Å². The molecule has 108 valence electrons. The van der Waals surface area contributed by atoms with E-state index < -0.39 is 0 Å². The van der Waals surface area contributed by atoms with Gasteiger partial charge in [-0.3, -0.25) is 0 Å². The van der Waals surface area contributed by atoms with Gasteiger partial charge in [0.2, 0.25) is 5.13 Å². The maximum absolute atomic E-state index is 13.7. The molecule has 4 nitrogen and oxygen atoms in total. The van der Waals surface area contributed by atoms with E-state index in [-0.39, 0.29) is 18.3 Å². The van der Waals surface area contributed by atoms with E-state index in [2.05, 4.69) is 15.5 Å². The molecule has 0 spiro atoms. The van der Waals surface area contributed by atoms with Crippen LogP contribution in [0.25, 0.3) is 0 Å². The minimum absolute atomic E-state index is 0.0601. The number of aliphatic hydroxyl groups excluding tert-OH is 1. The predicted octanol–water partition coefficient (Wildman–Crippen LogP) is 2.90. The minimum Gasteiger partial charge on any atom is -0.396 e. The number of nitrogens with one attached hydrogen (secondary N) is 1. The average Bonchev–Trinajstić information content (AvgIpc) is 2.83. The van der Waals surface area contributed by atoms with E-state index in [1.165, 1.54) is 17.4 Å². The second-order valence-corrected chi connectivity index (χ2v) is 6.05. The highest BCUT2D eigenvalue weighted by Crippen LogP contribution is 2.23. The summed E-state index contributed by atoms with van der Waals surface area (Å²) in [6.07, 6.45) is 0.368. The molecule has 0 aliphatic rings. The fourth-order valence-corrected chi connectivity index (χ4v) is 2.66. The zero-order valence-electron chi connectivity index (χ0n) is 10.9. The Morgan fingerprint density at radius 1 is 1.45 bits per heavy atom. The van der Waals surface area contributed by atoms with Crippen molar-refractivity contribution in [1.82, 2.24) is 10.2 Å². The summed E-state index contributed by atoms with van der Waals surface area (Å²) in [5.74, 6) is -0.490. The summed E-state index contributed by atoms with van der Waals surface area (Å²) in [4.78, 5) is 0. The molecule has 1 heterocycles. The van der Waals surface area contributed by atoms with Crippen molar-refractivity contribution in [3.63, 3.8) is 0 Å². The van der Waals surface area contributed by atoms with Crippen molar-refractivity contribution in [2.24, 2.45) is 5.92 Å². The van der Waals surface area contributed by atoms with Crippen LogP contribution in [-0.4, -0.2) is 28.5 Å². The fourth-order valence-electron chi connectivity index (χ4n) is 1.82. The Bertz CT molecular complexity index is 558. The third-order valence-electron chi connectivity index (χ3n) is 2.88. The van der Waals surface area contributed by atoms with Crippen molar-refractivity contribution >= 4 is 28.1 Å². The SMILES string of the molecule is Cc1nnc(NCC(CO)Cc2c(F)cccc2Cl)s1. The van der Waals surface area contributed by atoms with Crippen molar-refractivity contribution in [1.29, 1.82) is 0 Å². The van der Waals surface area contributed by atoms with Gasteiger partial charge in [-0.2, -0.15) is 0 Å². The van der Waals surface area contributed by atoms with Crippen LogP contribution in [-0.2, 0) is 6.42 Å². The Morgan fingerprint density at radius 2 is 2.25 bits per heavy atom. The van der Waals surface area contributed by atoms with E-state index in [0.717, 1.165) is 5.01 Å². The molecule has 2 N–H and O–H groups in total. The largest absolute Gasteiger partial charge is 0.396 e. The number of anilines is 1. The first-order chi connectivity index (χ1) is 9.60. The van der Waals surface area contributed by atoms with Crippen molar-refractivity contribution in [2.45, 2.75) is 13.3 Å². The average molecular weight is 316 g/mol. The van der Waals surface area contributed by atoms with E-state index in [4.69, 9.17) is 11.6 Å². The summed E-state index contributed by atoms with van der Waals surface area (Å²) < 4.78 is 13.7. The number of hydrogen-bond acceptors (Lipinski definition) is 5. The zero-order valence-corrected chi connectivity index (χ0v) is 12.5. The fraction of sp³-hybridized carbons (Fsp3) is 0.385. The Kier molecular flexibility index (Phi) is 5.28. The monoisotopic (exact) mass is 315 g/mol. The highest BCUT2D eigenvalue weighted by Gasteiger charge is 2.15. The molecule has 1 unspecified atom stereocenters. The molecule has 2 aromatic rings. The molecule has 0 saturated carbocycles. The van der Waals surface area contributed by atoms with E-state index in [1.807, 2.05) is 6.92 Å². The van der Waals surface area contributed by atoms with Crippen LogP contribution in [0.15, 0.2) is 18.2 Å². The number of aliphatic hydroxyl groups is 1. The van der Waals surface area contributed by atoms with Gasteiger partial charge in [0.1, 0.15) is 10.8 Å². The van der Waals surface area contributed by atoms with Crippen molar-refractivity contribution < 1.29 is 9.50 Å². The molecule has 2 rings (SSSR count). The van der Waals surface area contributed by atoms with Crippen LogP contribution >= 0.6 is 22.9 Å².